The van der Waals surface area contributed by atoms with E-state index in [-0.39, 0.29) is 5.54 Å². The Bertz CT molecular complexity index is 129. The van der Waals surface area contributed by atoms with E-state index in [0.717, 1.165) is 25.7 Å². The monoisotopic (exact) mass is 158 g/mol. The molecule has 0 saturated heterocycles. The van der Waals surface area contributed by atoms with Gasteiger partial charge in [-0.15, -0.1) is 0 Å². The topological polar surface area (TPSA) is 61.3 Å². The highest BCUT2D eigenvalue weighted by atomic mass is 16.5. The van der Waals surface area contributed by atoms with Gasteiger partial charge in [-0.1, -0.05) is 0 Å². The molecule has 1 aliphatic rings. The minimum Gasteiger partial charge on any atom is -0.381 e. The van der Waals surface area contributed by atoms with E-state index in [1.165, 1.54) is 0 Å². The first-order valence-corrected chi connectivity index (χ1v) is 4.22. The van der Waals surface area contributed by atoms with Gasteiger partial charge in [-0.05, 0) is 25.7 Å². The summed E-state index contributed by atoms with van der Waals surface area (Å²) in [5, 5.41) is 0. The van der Waals surface area contributed by atoms with Crippen molar-refractivity contribution in [1.29, 1.82) is 0 Å². The van der Waals surface area contributed by atoms with E-state index in [9.17, 15) is 0 Å². The van der Waals surface area contributed by atoms with Crippen LogP contribution in [0.3, 0.4) is 0 Å². The molecular formula is C8H18N2O. The lowest BCUT2D eigenvalue weighted by molar-refractivity contribution is 0.0436. The molecule has 0 aromatic heterocycles. The zero-order valence-corrected chi connectivity index (χ0v) is 7.18. The Balaban J connectivity index is 2.44. The maximum atomic E-state index is 6.02. The van der Waals surface area contributed by atoms with Crippen molar-refractivity contribution >= 4 is 0 Å². The molecule has 0 aromatic rings. The molecule has 3 nitrogen and oxygen atoms in total. The summed E-state index contributed by atoms with van der Waals surface area (Å²) in [5.41, 5.74) is 11.4. The number of nitrogens with two attached hydrogens (primary N) is 2. The lowest BCUT2D eigenvalue weighted by atomic mass is 9.81. The fourth-order valence-electron chi connectivity index (χ4n) is 1.73. The summed E-state index contributed by atoms with van der Waals surface area (Å²) in [4.78, 5) is 0. The predicted octanol–water partition coefficient (Wildman–Crippen LogP) is 0.232. The van der Waals surface area contributed by atoms with Gasteiger partial charge >= 0.3 is 0 Å². The molecule has 1 saturated carbocycles. The SMILES string of the molecule is COC1CCCC(N)(CN)C1. The smallest absolute Gasteiger partial charge is 0.0589 e. The first-order valence-electron chi connectivity index (χ1n) is 4.22. The van der Waals surface area contributed by atoms with E-state index in [1.54, 1.807) is 7.11 Å². The molecule has 0 amide bonds. The second-order valence-electron chi connectivity index (χ2n) is 3.52. The van der Waals surface area contributed by atoms with Crippen LogP contribution in [0.5, 0.6) is 0 Å². The summed E-state index contributed by atoms with van der Waals surface area (Å²) < 4.78 is 5.25. The molecule has 4 N–H and O–H groups in total. The average molecular weight is 158 g/mol. The van der Waals surface area contributed by atoms with Crippen LogP contribution < -0.4 is 11.5 Å². The fraction of sp³-hybridized carbons (Fsp3) is 1.00. The number of methoxy groups -OCH3 is 1. The quantitative estimate of drug-likeness (QED) is 0.605. The summed E-state index contributed by atoms with van der Waals surface area (Å²) in [5.74, 6) is 0. The second kappa shape index (κ2) is 3.52. The van der Waals surface area contributed by atoms with Crippen LogP contribution >= 0.6 is 0 Å². The van der Waals surface area contributed by atoms with Crippen molar-refractivity contribution in [3.8, 4) is 0 Å². The highest BCUT2D eigenvalue weighted by molar-refractivity contribution is 4.91. The van der Waals surface area contributed by atoms with E-state index in [2.05, 4.69) is 0 Å². The Morgan fingerprint density at radius 3 is 2.91 bits per heavy atom. The van der Waals surface area contributed by atoms with E-state index in [1.807, 2.05) is 0 Å². The Morgan fingerprint density at radius 1 is 1.64 bits per heavy atom. The van der Waals surface area contributed by atoms with Gasteiger partial charge in [-0.2, -0.15) is 0 Å². The van der Waals surface area contributed by atoms with Crippen LogP contribution in [0, 0.1) is 0 Å². The van der Waals surface area contributed by atoms with Gasteiger partial charge in [0.2, 0.25) is 0 Å². The van der Waals surface area contributed by atoms with Crippen molar-refractivity contribution in [3.05, 3.63) is 0 Å². The molecule has 2 atom stereocenters. The molecule has 0 radical (unpaired) electrons. The van der Waals surface area contributed by atoms with Gasteiger partial charge in [0, 0.05) is 19.2 Å². The molecule has 11 heavy (non-hydrogen) atoms. The van der Waals surface area contributed by atoms with Gasteiger partial charge in [0.1, 0.15) is 0 Å². The first-order chi connectivity index (χ1) is 5.20. The van der Waals surface area contributed by atoms with Crippen LogP contribution in [-0.2, 0) is 4.74 Å². The van der Waals surface area contributed by atoms with Crippen molar-refractivity contribution in [3.63, 3.8) is 0 Å². The van der Waals surface area contributed by atoms with Gasteiger partial charge in [-0.25, -0.2) is 0 Å². The predicted molar refractivity (Wildman–Crippen MR) is 45.2 cm³/mol. The number of ether oxygens (including phenoxy) is 1. The zero-order valence-electron chi connectivity index (χ0n) is 7.18. The van der Waals surface area contributed by atoms with Crippen LogP contribution in [0.2, 0.25) is 0 Å². The summed E-state index contributed by atoms with van der Waals surface area (Å²) in [6, 6.07) is 0. The second-order valence-corrected chi connectivity index (χ2v) is 3.52. The van der Waals surface area contributed by atoms with E-state index >= 15 is 0 Å². The molecule has 0 spiro atoms. The maximum Gasteiger partial charge on any atom is 0.0589 e. The highest BCUT2D eigenvalue weighted by Gasteiger charge is 2.31. The van der Waals surface area contributed by atoms with Gasteiger partial charge in [-0.3, -0.25) is 0 Å². The Hall–Kier alpha value is -0.120. The Morgan fingerprint density at radius 2 is 2.36 bits per heavy atom. The summed E-state index contributed by atoms with van der Waals surface area (Å²) >= 11 is 0. The van der Waals surface area contributed by atoms with Crippen LogP contribution in [0.4, 0.5) is 0 Å². The molecule has 0 bridgehead atoms. The molecule has 0 aromatic carbocycles. The fourth-order valence-corrected chi connectivity index (χ4v) is 1.73. The normalized spacial score (nSPS) is 39.0. The summed E-state index contributed by atoms with van der Waals surface area (Å²) in [6.45, 7) is 0.576. The minimum absolute atomic E-state index is 0.154. The molecular weight excluding hydrogens is 140 g/mol. The van der Waals surface area contributed by atoms with Crippen molar-refractivity contribution < 1.29 is 4.74 Å². The van der Waals surface area contributed by atoms with Gasteiger partial charge in [0.05, 0.1) is 6.10 Å². The summed E-state index contributed by atoms with van der Waals surface area (Å²) in [7, 11) is 1.74. The van der Waals surface area contributed by atoms with Crippen molar-refractivity contribution in [2.45, 2.75) is 37.3 Å². The third-order valence-corrected chi connectivity index (χ3v) is 2.57. The first kappa shape index (κ1) is 8.97. The zero-order chi connectivity index (χ0) is 8.32. The lowest BCUT2D eigenvalue weighted by Gasteiger charge is -2.36. The molecule has 2 unspecified atom stereocenters. The van der Waals surface area contributed by atoms with E-state index < -0.39 is 0 Å². The van der Waals surface area contributed by atoms with Crippen LogP contribution in [-0.4, -0.2) is 25.3 Å². The number of hydrogen-bond acceptors (Lipinski definition) is 3. The van der Waals surface area contributed by atoms with Crippen molar-refractivity contribution in [1.82, 2.24) is 0 Å². The lowest BCUT2D eigenvalue weighted by Crippen LogP contribution is -2.51. The van der Waals surface area contributed by atoms with Gasteiger partial charge in [0.15, 0.2) is 0 Å². The Kier molecular flexibility index (Phi) is 2.87. The van der Waals surface area contributed by atoms with Crippen LogP contribution in [0.1, 0.15) is 25.7 Å². The van der Waals surface area contributed by atoms with Crippen LogP contribution in [0.15, 0.2) is 0 Å². The Labute approximate surface area is 68.1 Å². The molecule has 0 heterocycles. The molecule has 66 valence electrons. The van der Waals surface area contributed by atoms with Crippen molar-refractivity contribution in [2.75, 3.05) is 13.7 Å². The number of hydrogen-bond donors (Lipinski definition) is 2. The molecule has 0 aliphatic heterocycles. The summed E-state index contributed by atoms with van der Waals surface area (Å²) in [6.07, 6.45) is 4.57. The van der Waals surface area contributed by atoms with E-state index in [4.69, 9.17) is 16.2 Å². The highest BCUT2D eigenvalue weighted by Crippen LogP contribution is 2.26. The largest absolute Gasteiger partial charge is 0.381 e. The maximum absolute atomic E-state index is 6.02. The average Bonchev–Trinajstić information content (AvgIpc) is 2.05. The standard InChI is InChI=1S/C8H18N2O/c1-11-7-3-2-4-8(10,5-7)6-9/h7H,2-6,9-10H2,1H3. The molecule has 3 heteroatoms. The number of rotatable bonds is 2. The minimum atomic E-state index is -0.154. The molecule has 1 fully saturated rings. The third-order valence-electron chi connectivity index (χ3n) is 2.57. The van der Waals surface area contributed by atoms with Crippen molar-refractivity contribution in [2.24, 2.45) is 11.5 Å². The van der Waals surface area contributed by atoms with Gasteiger partial charge < -0.3 is 16.2 Å². The van der Waals surface area contributed by atoms with E-state index in [0.29, 0.717) is 12.6 Å². The molecule has 1 rings (SSSR count). The van der Waals surface area contributed by atoms with Crippen LogP contribution in [0.25, 0.3) is 0 Å². The third kappa shape index (κ3) is 2.15. The van der Waals surface area contributed by atoms with Gasteiger partial charge in [0.25, 0.3) is 0 Å². The molecule has 1 aliphatic carbocycles.